The van der Waals surface area contributed by atoms with Gasteiger partial charge in [0.15, 0.2) is 0 Å². The van der Waals surface area contributed by atoms with Crippen LogP contribution in [-0.4, -0.2) is 67.0 Å². The van der Waals surface area contributed by atoms with Gasteiger partial charge in [-0.2, -0.15) is 5.26 Å². The van der Waals surface area contributed by atoms with Crippen LogP contribution in [0.2, 0.25) is 5.02 Å². The quantitative estimate of drug-likeness (QED) is 0.135. The number of nitrogens with one attached hydrogen (secondary N) is 2. The van der Waals surface area contributed by atoms with Crippen LogP contribution in [0.3, 0.4) is 0 Å². The van der Waals surface area contributed by atoms with Gasteiger partial charge < -0.3 is 30.0 Å². The van der Waals surface area contributed by atoms with Gasteiger partial charge in [0.1, 0.15) is 30.0 Å². The summed E-state index contributed by atoms with van der Waals surface area (Å²) in [7, 11) is 0. The number of fused-ring (bicyclic) bond motifs is 1. The summed E-state index contributed by atoms with van der Waals surface area (Å²) in [4.78, 5) is 19.1. The number of nitrogens with zero attached hydrogens (tertiary/aromatic N) is 3. The zero-order valence-electron chi connectivity index (χ0n) is 25.7. The van der Waals surface area contributed by atoms with Crippen molar-refractivity contribution in [1.29, 1.82) is 5.26 Å². The van der Waals surface area contributed by atoms with Gasteiger partial charge in [0.25, 0.3) is 0 Å². The van der Waals surface area contributed by atoms with Crippen LogP contribution in [0.15, 0.2) is 72.9 Å². The third-order valence-electron chi connectivity index (χ3n) is 7.41. The van der Waals surface area contributed by atoms with Crippen molar-refractivity contribution in [3.63, 3.8) is 0 Å². The van der Waals surface area contributed by atoms with Crippen molar-refractivity contribution in [2.45, 2.75) is 19.4 Å². The summed E-state index contributed by atoms with van der Waals surface area (Å²) in [6, 6.07) is 16.2. The van der Waals surface area contributed by atoms with Gasteiger partial charge in [-0.15, -0.1) is 0 Å². The Balaban J connectivity index is 0.000000792. The lowest BCUT2D eigenvalue weighted by Gasteiger charge is -2.25. The largest absolute Gasteiger partial charge is 0.506 e. The van der Waals surface area contributed by atoms with E-state index in [9.17, 15) is 19.6 Å². The summed E-state index contributed by atoms with van der Waals surface area (Å²) >= 11 is 6.47. The summed E-state index contributed by atoms with van der Waals surface area (Å²) < 4.78 is 29.5. The SMILES string of the molecule is C1CCOC1.N#Cc1cnc2cc(O)c(NC(=O)/C=C/CN3CCOCC3)cc2c1Nc1ccc(OCc2cccc(F)c2)c(Cl)c1. The molecule has 3 N–H and O–H groups in total. The molecule has 244 valence electrons. The number of aromatic hydroxyl groups is 1. The van der Waals surface area contributed by atoms with Crippen molar-refractivity contribution in [1.82, 2.24) is 9.88 Å². The van der Waals surface area contributed by atoms with Crippen LogP contribution >= 0.6 is 11.6 Å². The zero-order valence-corrected chi connectivity index (χ0v) is 26.4. The first kappa shape index (κ1) is 33.6. The summed E-state index contributed by atoms with van der Waals surface area (Å²) in [5.41, 5.74) is 2.48. The molecule has 2 saturated heterocycles. The van der Waals surface area contributed by atoms with E-state index in [1.807, 2.05) is 0 Å². The lowest BCUT2D eigenvalue weighted by atomic mass is 10.1. The van der Waals surface area contributed by atoms with E-state index >= 15 is 0 Å². The van der Waals surface area contributed by atoms with E-state index in [1.54, 1.807) is 42.5 Å². The van der Waals surface area contributed by atoms with E-state index in [0.29, 0.717) is 58.4 Å². The number of anilines is 3. The topological polar surface area (TPSA) is 129 Å². The van der Waals surface area contributed by atoms with Crippen LogP contribution in [0.4, 0.5) is 21.5 Å². The summed E-state index contributed by atoms with van der Waals surface area (Å²) in [5, 5.41) is 27.1. The molecule has 47 heavy (non-hydrogen) atoms. The molecular weight excluding hydrogens is 625 g/mol. The first-order valence-electron chi connectivity index (χ1n) is 15.2. The van der Waals surface area contributed by atoms with E-state index < -0.39 is 5.91 Å². The monoisotopic (exact) mass is 659 g/mol. The van der Waals surface area contributed by atoms with Crippen LogP contribution in [0, 0.1) is 17.1 Å². The lowest BCUT2D eigenvalue weighted by molar-refractivity contribution is -0.111. The van der Waals surface area contributed by atoms with E-state index in [-0.39, 0.29) is 29.4 Å². The van der Waals surface area contributed by atoms with Crippen molar-refractivity contribution in [2.75, 3.05) is 56.7 Å². The first-order chi connectivity index (χ1) is 22.9. The van der Waals surface area contributed by atoms with Gasteiger partial charge in [-0.05, 0) is 54.8 Å². The van der Waals surface area contributed by atoms with Crippen molar-refractivity contribution in [3.8, 4) is 17.6 Å². The molecule has 0 atom stereocenters. The van der Waals surface area contributed by atoms with Crippen molar-refractivity contribution < 1.29 is 28.5 Å². The highest BCUT2D eigenvalue weighted by Gasteiger charge is 2.15. The number of amides is 1. The molecule has 4 aromatic rings. The second-order valence-electron chi connectivity index (χ2n) is 10.9. The highest BCUT2D eigenvalue weighted by molar-refractivity contribution is 6.32. The molecular formula is C35H35ClFN5O5. The zero-order chi connectivity index (χ0) is 33.0. The molecule has 3 aromatic carbocycles. The van der Waals surface area contributed by atoms with E-state index in [4.69, 9.17) is 25.8 Å². The normalized spacial score (nSPS) is 14.7. The molecule has 0 aliphatic carbocycles. The second-order valence-corrected chi connectivity index (χ2v) is 11.3. The van der Waals surface area contributed by atoms with Crippen LogP contribution < -0.4 is 15.4 Å². The Morgan fingerprint density at radius 1 is 1.11 bits per heavy atom. The number of hydrogen-bond donors (Lipinski definition) is 3. The number of carbonyl (C=O) groups is 1. The third kappa shape index (κ3) is 9.64. The summed E-state index contributed by atoms with van der Waals surface area (Å²) in [5.74, 6) is -0.514. The fourth-order valence-electron chi connectivity index (χ4n) is 4.95. The Morgan fingerprint density at radius 2 is 1.89 bits per heavy atom. The lowest BCUT2D eigenvalue weighted by Crippen LogP contribution is -2.36. The van der Waals surface area contributed by atoms with E-state index in [0.717, 1.165) is 26.3 Å². The molecule has 12 heteroatoms. The molecule has 1 aromatic heterocycles. The Bertz CT molecular complexity index is 1760. The van der Waals surface area contributed by atoms with Gasteiger partial charge in [0.2, 0.25) is 5.91 Å². The van der Waals surface area contributed by atoms with Gasteiger partial charge in [0, 0.05) is 62.3 Å². The molecule has 1 amide bonds. The maximum absolute atomic E-state index is 13.5. The molecule has 0 bridgehead atoms. The predicted octanol–water partition coefficient (Wildman–Crippen LogP) is 6.55. The summed E-state index contributed by atoms with van der Waals surface area (Å²) in [6.45, 7) is 5.69. The number of carbonyl (C=O) groups excluding carboxylic acids is 1. The molecule has 0 spiro atoms. The number of benzene rings is 3. The Hall–Kier alpha value is -4.73. The van der Waals surface area contributed by atoms with Crippen LogP contribution in [-0.2, 0) is 20.9 Å². The highest BCUT2D eigenvalue weighted by Crippen LogP contribution is 2.37. The average molecular weight is 660 g/mol. The van der Waals surface area contributed by atoms with Crippen LogP contribution in [0.1, 0.15) is 24.0 Å². The number of morpholine rings is 1. The number of halogens is 2. The van der Waals surface area contributed by atoms with Gasteiger partial charge >= 0.3 is 0 Å². The Labute approximate surface area is 277 Å². The molecule has 0 unspecified atom stereocenters. The highest BCUT2D eigenvalue weighted by atomic mass is 35.5. The minimum atomic E-state index is -0.405. The number of ether oxygens (including phenoxy) is 3. The van der Waals surface area contributed by atoms with Crippen molar-refractivity contribution in [2.24, 2.45) is 0 Å². The number of hydrogen-bond acceptors (Lipinski definition) is 9. The van der Waals surface area contributed by atoms with Gasteiger partial charge in [-0.1, -0.05) is 29.8 Å². The molecule has 2 aliphatic heterocycles. The van der Waals surface area contributed by atoms with E-state index in [1.165, 1.54) is 43.3 Å². The number of pyridine rings is 1. The Kier molecular flexibility index (Phi) is 12.0. The average Bonchev–Trinajstić information content (AvgIpc) is 3.66. The van der Waals surface area contributed by atoms with Gasteiger partial charge in [0.05, 0.1) is 40.7 Å². The van der Waals surface area contributed by atoms with E-state index in [2.05, 4.69) is 26.6 Å². The van der Waals surface area contributed by atoms with Crippen molar-refractivity contribution in [3.05, 3.63) is 94.9 Å². The third-order valence-corrected chi connectivity index (χ3v) is 7.71. The number of phenols is 1. The molecule has 3 heterocycles. The van der Waals surface area contributed by atoms with Gasteiger partial charge in [-0.25, -0.2) is 4.39 Å². The summed E-state index contributed by atoms with van der Waals surface area (Å²) in [6.07, 6.45) is 7.13. The number of phenolic OH excluding ortho intramolecular Hbond substituents is 1. The smallest absolute Gasteiger partial charge is 0.248 e. The maximum Gasteiger partial charge on any atom is 0.248 e. The fourth-order valence-corrected chi connectivity index (χ4v) is 5.19. The Morgan fingerprint density at radius 3 is 2.60 bits per heavy atom. The van der Waals surface area contributed by atoms with Crippen LogP contribution in [0.25, 0.3) is 10.9 Å². The standard InChI is InChI=1S/C31H27ClFN5O4.C4H8O/c32-25-14-23(6-7-29(25)42-19-20-3-1-4-22(33)13-20)36-31-21(17-34)18-35-26-16-28(39)27(15-24(26)31)37-30(40)5-2-8-38-9-11-41-12-10-38;1-2-4-5-3-1/h1-7,13-16,18,39H,8-12,19H2,(H,35,36)(H,37,40);1-4H2/b5-2+;. The minimum Gasteiger partial charge on any atom is -0.506 e. The maximum atomic E-state index is 13.5. The molecule has 2 aliphatic rings. The molecule has 0 saturated carbocycles. The van der Waals surface area contributed by atoms with Crippen molar-refractivity contribution >= 4 is 45.5 Å². The molecule has 0 radical (unpaired) electrons. The number of nitriles is 1. The fraction of sp³-hybridized carbons (Fsp3) is 0.286. The minimum absolute atomic E-state index is 0.137. The second kappa shape index (κ2) is 16.7. The number of rotatable bonds is 9. The predicted molar refractivity (Wildman–Crippen MR) is 179 cm³/mol. The molecule has 10 nitrogen and oxygen atoms in total. The molecule has 6 rings (SSSR count). The molecule has 2 fully saturated rings. The first-order valence-corrected chi connectivity index (χ1v) is 15.6. The van der Waals surface area contributed by atoms with Crippen LogP contribution in [0.5, 0.6) is 11.5 Å². The number of aromatic nitrogens is 1. The van der Waals surface area contributed by atoms with Gasteiger partial charge in [-0.3, -0.25) is 14.7 Å².